The van der Waals surface area contributed by atoms with Crippen molar-refractivity contribution in [3.05, 3.63) is 29.3 Å². The van der Waals surface area contributed by atoms with Crippen LogP contribution in [-0.2, 0) is 10.3 Å². The van der Waals surface area contributed by atoms with Crippen LogP contribution in [-0.4, -0.2) is 13.2 Å². The first-order valence-electron chi connectivity index (χ1n) is 5.90. The molecule has 2 rings (SSSR count). The van der Waals surface area contributed by atoms with E-state index in [1.165, 1.54) is 5.56 Å². The first-order chi connectivity index (χ1) is 8.13. The van der Waals surface area contributed by atoms with E-state index in [-0.39, 0.29) is 5.54 Å². The van der Waals surface area contributed by atoms with Gasteiger partial charge in [-0.3, -0.25) is 0 Å². The maximum Gasteiger partial charge on any atom is 0.235 e. The molecule has 0 radical (unpaired) electrons. The van der Waals surface area contributed by atoms with Crippen LogP contribution >= 0.6 is 0 Å². The normalized spacial score (nSPS) is 16.5. The number of methoxy groups -OCH3 is 1. The molecule has 3 heteroatoms. The van der Waals surface area contributed by atoms with E-state index in [4.69, 9.17) is 4.74 Å². The molecule has 0 aromatic heterocycles. The Morgan fingerprint density at radius 3 is 2.59 bits per heavy atom. The van der Waals surface area contributed by atoms with E-state index in [1.54, 1.807) is 13.2 Å². The van der Waals surface area contributed by atoms with Gasteiger partial charge in [0, 0.05) is 5.56 Å². The summed E-state index contributed by atoms with van der Waals surface area (Å²) < 4.78 is 5.36. The van der Waals surface area contributed by atoms with Gasteiger partial charge >= 0.3 is 0 Å². The molecule has 0 atom stereocenters. The van der Waals surface area contributed by atoms with Crippen molar-refractivity contribution < 1.29 is 9.53 Å². The monoisotopic (exact) mass is 231 g/mol. The van der Waals surface area contributed by atoms with Gasteiger partial charge in [0.2, 0.25) is 6.08 Å². The summed E-state index contributed by atoms with van der Waals surface area (Å²) in [4.78, 5) is 14.5. The van der Waals surface area contributed by atoms with Crippen molar-refractivity contribution in [1.29, 1.82) is 0 Å². The van der Waals surface area contributed by atoms with Crippen molar-refractivity contribution in [3.63, 3.8) is 0 Å². The van der Waals surface area contributed by atoms with Crippen molar-refractivity contribution in [2.45, 2.75) is 38.1 Å². The van der Waals surface area contributed by atoms with Crippen LogP contribution in [0.4, 0.5) is 0 Å². The zero-order valence-corrected chi connectivity index (χ0v) is 10.5. The number of ether oxygens (including phenoxy) is 1. The van der Waals surface area contributed by atoms with Crippen LogP contribution in [0.5, 0.6) is 5.75 Å². The maximum absolute atomic E-state index is 10.5. The fourth-order valence-corrected chi connectivity index (χ4v) is 2.10. The molecule has 0 heterocycles. The first kappa shape index (κ1) is 11.9. The van der Waals surface area contributed by atoms with E-state index in [1.807, 2.05) is 6.07 Å². The summed E-state index contributed by atoms with van der Waals surface area (Å²) in [6.45, 7) is 4.29. The topological polar surface area (TPSA) is 38.7 Å². The third kappa shape index (κ3) is 2.11. The molecule has 0 aliphatic heterocycles. The molecule has 0 bridgehead atoms. The van der Waals surface area contributed by atoms with E-state index >= 15 is 0 Å². The molecule has 17 heavy (non-hydrogen) atoms. The molecular formula is C14H17NO2. The lowest BCUT2D eigenvalue weighted by Gasteiger charge is -2.16. The fraction of sp³-hybridized carbons (Fsp3) is 0.500. The van der Waals surface area contributed by atoms with Crippen LogP contribution in [0.2, 0.25) is 0 Å². The van der Waals surface area contributed by atoms with Crippen LogP contribution < -0.4 is 4.74 Å². The van der Waals surface area contributed by atoms with E-state index in [9.17, 15) is 4.79 Å². The quantitative estimate of drug-likeness (QED) is 0.589. The Balaban J connectivity index is 2.50. The number of isocyanates is 1. The smallest absolute Gasteiger partial charge is 0.235 e. The number of nitrogens with zero attached hydrogens (tertiary/aromatic N) is 1. The molecule has 0 saturated heterocycles. The number of aliphatic imine (C=N–C) groups is 1. The third-order valence-corrected chi connectivity index (χ3v) is 3.37. The molecule has 1 fully saturated rings. The van der Waals surface area contributed by atoms with Crippen LogP contribution in [0.25, 0.3) is 0 Å². The number of carbonyl (C=O) groups excluding carboxylic acids is 1. The number of rotatable bonds is 4. The lowest BCUT2D eigenvalue weighted by atomic mass is 9.96. The van der Waals surface area contributed by atoms with Gasteiger partial charge in [-0.1, -0.05) is 19.9 Å². The molecule has 0 unspecified atom stereocenters. The minimum atomic E-state index is -0.363. The maximum atomic E-state index is 10.5. The molecule has 0 N–H and O–H groups in total. The summed E-state index contributed by atoms with van der Waals surface area (Å²) in [6, 6.07) is 6.14. The van der Waals surface area contributed by atoms with Crippen molar-refractivity contribution in [1.82, 2.24) is 0 Å². The standard InChI is InChI=1S/C14H17NO2/c1-10(2)11-4-5-13(17-3)12(8-11)14(6-7-14)15-9-16/h4-5,8,10H,6-7H2,1-3H3. The number of hydrogen-bond acceptors (Lipinski definition) is 3. The van der Waals surface area contributed by atoms with Gasteiger partial charge in [0.05, 0.1) is 7.11 Å². The lowest BCUT2D eigenvalue weighted by Crippen LogP contribution is -2.06. The molecule has 90 valence electrons. The van der Waals surface area contributed by atoms with Gasteiger partial charge in [0.15, 0.2) is 0 Å². The highest BCUT2D eigenvalue weighted by Gasteiger charge is 2.46. The summed E-state index contributed by atoms with van der Waals surface area (Å²) in [5.41, 5.74) is 1.90. The summed E-state index contributed by atoms with van der Waals surface area (Å²) in [5.74, 6) is 1.27. The Hall–Kier alpha value is -1.60. The van der Waals surface area contributed by atoms with Crippen molar-refractivity contribution in [2.24, 2.45) is 4.99 Å². The molecule has 1 aliphatic rings. The highest BCUT2D eigenvalue weighted by atomic mass is 16.5. The zero-order valence-electron chi connectivity index (χ0n) is 10.5. The van der Waals surface area contributed by atoms with Crippen molar-refractivity contribution in [2.75, 3.05) is 7.11 Å². The average Bonchev–Trinajstić information content (AvgIpc) is 3.09. The summed E-state index contributed by atoms with van der Waals surface area (Å²) in [7, 11) is 1.65. The predicted octanol–water partition coefficient (Wildman–Crippen LogP) is 3.14. The van der Waals surface area contributed by atoms with Gasteiger partial charge < -0.3 is 4.74 Å². The Kier molecular flexibility index (Phi) is 3.03. The minimum absolute atomic E-state index is 0.363. The van der Waals surface area contributed by atoms with Gasteiger partial charge in [-0.25, -0.2) is 4.79 Å². The van der Waals surface area contributed by atoms with Crippen molar-refractivity contribution >= 4 is 6.08 Å². The second-order valence-corrected chi connectivity index (χ2v) is 4.85. The van der Waals surface area contributed by atoms with Gasteiger partial charge in [-0.05, 0) is 36.5 Å². The van der Waals surface area contributed by atoms with Gasteiger partial charge in [0.1, 0.15) is 11.3 Å². The van der Waals surface area contributed by atoms with Gasteiger partial charge in [0.25, 0.3) is 0 Å². The molecular weight excluding hydrogens is 214 g/mol. The van der Waals surface area contributed by atoms with Crippen LogP contribution in [0, 0.1) is 0 Å². The van der Waals surface area contributed by atoms with Crippen LogP contribution in [0.15, 0.2) is 23.2 Å². The lowest BCUT2D eigenvalue weighted by molar-refractivity contribution is 0.404. The minimum Gasteiger partial charge on any atom is -0.496 e. The van der Waals surface area contributed by atoms with Gasteiger partial charge in [-0.2, -0.15) is 4.99 Å². The molecule has 1 aromatic carbocycles. The molecule has 1 aromatic rings. The number of benzene rings is 1. The third-order valence-electron chi connectivity index (χ3n) is 3.37. The second kappa shape index (κ2) is 4.34. The predicted molar refractivity (Wildman–Crippen MR) is 66.1 cm³/mol. The molecule has 3 nitrogen and oxygen atoms in total. The Morgan fingerprint density at radius 1 is 1.41 bits per heavy atom. The van der Waals surface area contributed by atoms with Gasteiger partial charge in [-0.15, -0.1) is 0 Å². The Bertz CT molecular complexity index is 469. The first-order valence-corrected chi connectivity index (χ1v) is 5.90. The second-order valence-electron chi connectivity index (χ2n) is 4.85. The van der Waals surface area contributed by atoms with E-state index in [0.29, 0.717) is 5.92 Å². The van der Waals surface area contributed by atoms with Crippen molar-refractivity contribution in [3.8, 4) is 5.75 Å². The zero-order chi connectivity index (χ0) is 12.5. The molecule has 1 aliphatic carbocycles. The highest BCUT2D eigenvalue weighted by molar-refractivity contribution is 5.49. The SMILES string of the molecule is COc1ccc(C(C)C)cc1C1(N=C=O)CC1. The largest absolute Gasteiger partial charge is 0.496 e. The highest BCUT2D eigenvalue weighted by Crippen LogP contribution is 2.52. The number of hydrogen-bond donors (Lipinski definition) is 0. The van der Waals surface area contributed by atoms with Crippen LogP contribution in [0.3, 0.4) is 0 Å². The summed E-state index contributed by atoms with van der Waals surface area (Å²) >= 11 is 0. The fourth-order valence-electron chi connectivity index (χ4n) is 2.10. The van der Waals surface area contributed by atoms with E-state index in [2.05, 4.69) is 31.0 Å². The average molecular weight is 231 g/mol. The van der Waals surface area contributed by atoms with E-state index in [0.717, 1.165) is 24.2 Å². The van der Waals surface area contributed by atoms with E-state index < -0.39 is 0 Å². The molecule has 1 saturated carbocycles. The molecule has 0 amide bonds. The Morgan fingerprint density at radius 2 is 2.12 bits per heavy atom. The summed E-state index contributed by atoms with van der Waals surface area (Å²) in [5, 5.41) is 0. The Labute approximate surface area is 102 Å². The summed E-state index contributed by atoms with van der Waals surface area (Å²) in [6.07, 6.45) is 3.49. The molecule has 0 spiro atoms. The van der Waals surface area contributed by atoms with Crippen LogP contribution in [0.1, 0.15) is 43.7 Å².